The predicted octanol–water partition coefficient (Wildman–Crippen LogP) is 0.963. The van der Waals surface area contributed by atoms with Crippen molar-refractivity contribution in [1.82, 2.24) is 15.1 Å². The Morgan fingerprint density at radius 2 is 1.76 bits per heavy atom. The quantitative estimate of drug-likeness (QED) is 0.838. The van der Waals surface area contributed by atoms with Crippen molar-refractivity contribution in [2.24, 2.45) is 0 Å². The summed E-state index contributed by atoms with van der Waals surface area (Å²) in [4.78, 5) is 28.4. The van der Waals surface area contributed by atoms with Gasteiger partial charge < -0.3 is 19.9 Å². The highest BCUT2D eigenvalue weighted by atomic mass is 35.5. The molecule has 2 amide bonds. The number of benzene rings is 1. The van der Waals surface area contributed by atoms with Crippen LogP contribution in [0, 0.1) is 0 Å². The summed E-state index contributed by atoms with van der Waals surface area (Å²) in [6, 6.07) is 7.07. The maximum Gasteiger partial charge on any atom is 0.242 e. The number of halogens is 2. The van der Waals surface area contributed by atoms with Gasteiger partial charge in [0.1, 0.15) is 6.04 Å². The van der Waals surface area contributed by atoms with E-state index in [4.69, 9.17) is 16.3 Å². The van der Waals surface area contributed by atoms with E-state index >= 15 is 0 Å². The van der Waals surface area contributed by atoms with Crippen molar-refractivity contribution in [1.29, 1.82) is 0 Å². The summed E-state index contributed by atoms with van der Waals surface area (Å²) < 4.78 is 5.34. The van der Waals surface area contributed by atoms with Crippen LogP contribution in [0.3, 0.4) is 0 Å². The molecule has 8 heteroatoms. The fourth-order valence-electron chi connectivity index (χ4n) is 3.01. The van der Waals surface area contributed by atoms with Crippen molar-refractivity contribution in [2.75, 3.05) is 45.9 Å². The number of hydrogen-bond donors (Lipinski definition) is 1. The van der Waals surface area contributed by atoms with Crippen LogP contribution in [0.1, 0.15) is 5.56 Å². The molecule has 1 atom stereocenters. The number of carbonyl (C=O) groups is 2. The lowest BCUT2D eigenvalue weighted by atomic mass is 10.1. The highest BCUT2D eigenvalue weighted by Crippen LogP contribution is 2.12. The molecule has 2 heterocycles. The van der Waals surface area contributed by atoms with Crippen LogP contribution in [0.5, 0.6) is 0 Å². The molecule has 0 bridgehead atoms. The van der Waals surface area contributed by atoms with Crippen LogP contribution >= 0.6 is 24.0 Å². The first-order chi connectivity index (χ1) is 11.6. The number of nitrogens with zero attached hydrogens (tertiary/aromatic N) is 2. The number of ether oxygens (including phenoxy) is 1. The SMILES string of the molecule is Cl.O=C(Cc1ccc(Cl)cc1)N1CCN(C(=O)C2COCCN2)CC1. The summed E-state index contributed by atoms with van der Waals surface area (Å²) in [6.07, 6.45) is 0.364. The van der Waals surface area contributed by atoms with Crippen LogP contribution in [-0.2, 0) is 20.7 Å². The van der Waals surface area contributed by atoms with Gasteiger partial charge >= 0.3 is 0 Å². The molecule has 1 aromatic carbocycles. The Labute approximate surface area is 158 Å². The second kappa shape index (κ2) is 9.38. The van der Waals surface area contributed by atoms with E-state index in [0.717, 1.165) is 5.56 Å². The molecule has 2 aliphatic rings. The summed E-state index contributed by atoms with van der Waals surface area (Å²) in [5, 5.41) is 3.85. The molecule has 0 saturated carbocycles. The van der Waals surface area contributed by atoms with Gasteiger partial charge in [-0.2, -0.15) is 0 Å². The number of piperazine rings is 1. The second-order valence-electron chi connectivity index (χ2n) is 6.09. The second-order valence-corrected chi connectivity index (χ2v) is 6.53. The Morgan fingerprint density at radius 1 is 1.12 bits per heavy atom. The molecule has 6 nitrogen and oxygen atoms in total. The summed E-state index contributed by atoms with van der Waals surface area (Å²) in [5.74, 6) is 0.156. The Hall–Kier alpha value is -1.34. The van der Waals surface area contributed by atoms with Gasteiger partial charge in [-0.05, 0) is 17.7 Å². The predicted molar refractivity (Wildman–Crippen MR) is 98.2 cm³/mol. The normalized spacial score (nSPS) is 20.8. The molecule has 0 radical (unpaired) electrons. The highest BCUT2D eigenvalue weighted by Gasteiger charge is 2.29. The van der Waals surface area contributed by atoms with Crippen molar-refractivity contribution < 1.29 is 14.3 Å². The lowest BCUT2D eigenvalue weighted by Crippen LogP contribution is -2.57. The molecule has 2 saturated heterocycles. The lowest BCUT2D eigenvalue weighted by molar-refractivity contribution is -0.142. The smallest absolute Gasteiger partial charge is 0.242 e. The summed E-state index contributed by atoms with van der Waals surface area (Å²) in [7, 11) is 0. The number of nitrogens with one attached hydrogen (secondary N) is 1. The van der Waals surface area contributed by atoms with Crippen LogP contribution in [-0.4, -0.2) is 73.6 Å². The molecule has 138 valence electrons. The zero-order valence-corrected chi connectivity index (χ0v) is 15.5. The third kappa shape index (κ3) is 5.31. The van der Waals surface area contributed by atoms with Gasteiger partial charge in [-0.1, -0.05) is 23.7 Å². The minimum atomic E-state index is -0.255. The van der Waals surface area contributed by atoms with Crippen LogP contribution in [0.4, 0.5) is 0 Å². The zero-order chi connectivity index (χ0) is 16.9. The van der Waals surface area contributed by atoms with E-state index in [1.54, 1.807) is 12.1 Å². The van der Waals surface area contributed by atoms with Gasteiger partial charge in [-0.15, -0.1) is 12.4 Å². The summed E-state index contributed by atoms with van der Waals surface area (Å²) >= 11 is 5.86. The molecule has 2 aliphatic heterocycles. The highest BCUT2D eigenvalue weighted by molar-refractivity contribution is 6.30. The van der Waals surface area contributed by atoms with Crippen molar-refractivity contribution in [3.8, 4) is 0 Å². The topological polar surface area (TPSA) is 61.9 Å². The fourth-order valence-corrected chi connectivity index (χ4v) is 3.14. The molecular weight excluding hydrogens is 365 g/mol. The molecule has 0 spiro atoms. The van der Waals surface area contributed by atoms with E-state index in [1.165, 1.54) is 0 Å². The molecular formula is C17H23Cl2N3O3. The van der Waals surface area contributed by atoms with Crippen molar-refractivity contribution >= 4 is 35.8 Å². The average Bonchev–Trinajstić information content (AvgIpc) is 2.64. The van der Waals surface area contributed by atoms with Gasteiger partial charge in [0.2, 0.25) is 11.8 Å². The molecule has 3 rings (SSSR count). The molecule has 2 fully saturated rings. The first-order valence-corrected chi connectivity index (χ1v) is 8.63. The van der Waals surface area contributed by atoms with Crippen molar-refractivity contribution in [3.63, 3.8) is 0 Å². The van der Waals surface area contributed by atoms with E-state index in [1.807, 2.05) is 21.9 Å². The Bertz CT molecular complexity index is 583. The number of carbonyl (C=O) groups excluding carboxylic acids is 2. The molecule has 1 aromatic rings. The number of morpholine rings is 1. The lowest BCUT2D eigenvalue weighted by Gasteiger charge is -2.37. The maximum absolute atomic E-state index is 12.4. The van der Waals surface area contributed by atoms with E-state index < -0.39 is 0 Å². The number of rotatable bonds is 3. The van der Waals surface area contributed by atoms with Gasteiger partial charge in [0.05, 0.1) is 19.6 Å². The summed E-state index contributed by atoms with van der Waals surface area (Å²) in [6.45, 7) is 4.07. The van der Waals surface area contributed by atoms with Gasteiger partial charge in [0, 0.05) is 37.7 Å². The van der Waals surface area contributed by atoms with Crippen molar-refractivity contribution in [2.45, 2.75) is 12.5 Å². The third-order valence-corrected chi connectivity index (χ3v) is 4.68. The molecule has 1 N–H and O–H groups in total. The van der Waals surface area contributed by atoms with Crippen LogP contribution < -0.4 is 5.32 Å². The molecule has 0 aromatic heterocycles. The Morgan fingerprint density at radius 3 is 2.36 bits per heavy atom. The maximum atomic E-state index is 12.4. The van der Waals surface area contributed by atoms with E-state index in [-0.39, 0.29) is 30.3 Å². The fraction of sp³-hybridized carbons (Fsp3) is 0.529. The standard InChI is InChI=1S/C17H22ClN3O3.ClH/c18-14-3-1-13(2-4-14)11-16(22)20-6-8-21(9-7-20)17(23)15-12-24-10-5-19-15;/h1-4,15,19H,5-12H2;1H. The molecule has 1 unspecified atom stereocenters. The first-order valence-electron chi connectivity index (χ1n) is 8.25. The van der Waals surface area contributed by atoms with Crippen LogP contribution in [0.2, 0.25) is 5.02 Å². The van der Waals surface area contributed by atoms with Crippen LogP contribution in [0.15, 0.2) is 24.3 Å². The van der Waals surface area contributed by atoms with Gasteiger partial charge in [-0.25, -0.2) is 0 Å². The van der Waals surface area contributed by atoms with Gasteiger partial charge in [0.15, 0.2) is 0 Å². The minimum absolute atomic E-state index is 0. The largest absolute Gasteiger partial charge is 0.378 e. The number of amides is 2. The minimum Gasteiger partial charge on any atom is -0.378 e. The average molecular weight is 388 g/mol. The van der Waals surface area contributed by atoms with E-state index in [9.17, 15) is 9.59 Å². The van der Waals surface area contributed by atoms with Crippen molar-refractivity contribution in [3.05, 3.63) is 34.9 Å². The first kappa shape index (κ1) is 20.0. The van der Waals surface area contributed by atoms with Gasteiger partial charge in [0.25, 0.3) is 0 Å². The summed E-state index contributed by atoms with van der Waals surface area (Å²) in [5.41, 5.74) is 0.950. The monoisotopic (exact) mass is 387 g/mol. The number of hydrogen-bond acceptors (Lipinski definition) is 4. The third-order valence-electron chi connectivity index (χ3n) is 4.43. The Kier molecular flexibility index (Phi) is 7.50. The van der Waals surface area contributed by atoms with Gasteiger partial charge in [-0.3, -0.25) is 9.59 Å². The molecule has 25 heavy (non-hydrogen) atoms. The van der Waals surface area contributed by atoms with E-state index in [2.05, 4.69) is 5.32 Å². The molecule has 0 aliphatic carbocycles. The zero-order valence-electron chi connectivity index (χ0n) is 13.9. The van der Waals surface area contributed by atoms with E-state index in [0.29, 0.717) is 57.4 Å². The Balaban J connectivity index is 0.00000225. The van der Waals surface area contributed by atoms with Crippen LogP contribution in [0.25, 0.3) is 0 Å².